The molecule has 0 bridgehead atoms. The number of aromatic hydroxyl groups is 1. The smallest absolute Gasteiger partial charge is 0.262 e. The molecule has 6 heteroatoms. The summed E-state index contributed by atoms with van der Waals surface area (Å²) in [5.41, 5.74) is 1.69. The second-order valence-corrected chi connectivity index (χ2v) is 5.51. The first-order valence-electron chi connectivity index (χ1n) is 7.90. The molecule has 2 aromatic rings. The Morgan fingerprint density at radius 2 is 1.96 bits per heavy atom. The summed E-state index contributed by atoms with van der Waals surface area (Å²) in [7, 11) is 0. The van der Waals surface area contributed by atoms with Crippen LogP contribution in [0.4, 0.5) is 0 Å². The number of amides is 1. The van der Waals surface area contributed by atoms with Gasteiger partial charge in [-0.1, -0.05) is 30.4 Å². The molecular formula is C20H16N2O4. The van der Waals surface area contributed by atoms with Gasteiger partial charge in [-0.15, -0.1) is 0 Å². The summed E-state index contributed by atoms with van der Waals surface area (Å²) in [6, 6.07) is 13.9. The van der Waals surface area contributed by atoms with Gasteiger partial charge in [0.1, 0.15) is 17.4 Å². The van der Waals surface area contributed by atoms with E-state index in [9.17, 15) is 15.2 Å². The van der Waals surface area contributed by atoms with Crippen molar-refractivity contribution in [3.05, 3.63) is 71.3 Å². The average molecular weight is 348 g/mol. The van der Waals surface area contributed by atoms with Crippen LogP contribution in [0.25, 0.3) is 6.08 Å². The molecule has 1 aliphatic heterocycles. The Morgan fingerprint density at radius 3 is 2.73 bits per heavy atom. The van der Waals surface area contributed by atoms with Gasteiger partial charge in [-0.3, -0.25) is 4.79 Å². The number of carbonyl (C=O) groups is 1. The van der Waals surface area contributed by atoms with Crippen LogP contribution >= 0.6 is 0 Å². The van der Waals surface area contributed by atoms with E-state index in [2.05, 4.69) is 5.32 Å². The molecule has 0 saturated heterocycles. The third kappa shape index (κ3) is 4.22. The maximum Gasteiger partial charge on any atom is 0.262 e. The van der Waals surface area contributed by atoms with Gasteiger partial charge in [-0.2, -0.15) is 5.26 Å². The number of ether oxygens (including phenoxy) is 2. The molecule has 0 fully saturated rings. The quantitative estimate of drug-likeness (QED) is 0.492. The van der Waals surface area contributed by atoms with Gasteiger partial charge in [0.2, 0.25) is 6.79 Å². The second-order valence-electron chi connectivity index (χ2n) is 5.51. The highest BCUT2D eigenvalue weighted by Gasteiger charge is 2.14. The van der Waals surface area contributed by atoms with Crippen LogP contribution in [-0.2, 0) is 11.3 Å². The molecule has 3 rings (SSSR count). The molecule has 26 heavy (non-hydrogen) atoms. The lowest BCUT2D eigenvalue weighted by molar-refractivity contribution is -0.117. The van der Waals surface area contributed by atoms with E-state index in [1.807, 2.05) is 12.1 Å². The van der Waals surface area contributed by atoms with Crippen molar-refractivity contribution in [3.8, 4) is 23.3 Å². The van der Waals surface area contributed by atoms with E-state index in [0.29, 0.717) is 11.5 Å². The fourth-order valence-corrected chi connectivity index (χ4v) is 2.33. The molecule has 1 amide bonds. The van der Waals surface area contributed by atoms with Crippen LogP contribution in [0.1, 0.15) is 11.1 Å². The van der Waals surface area contributed by atoms with E-state index in [-0.39, 0.29) is 24.7 Å². The number of benzene rings is 2. The molecule has 0 spiro atoms. The lowest BCUT2D eigenvalue weighted by Gasteiger charge is -2.05. The maximum atomic E-state index is 12.1. The molecule has 0 unspecified atom stereocenters. The summed E-state index contributed by atoms with van der Waals surface area (Å²) >= 11 is 0. The van der Waals surface area contributed by atoms with Crippen molar-refractivity contribution in [1.29, 1.82) is 5.26 Å². The van der Waals surface area contributed by atoms with Gasteiger partial charge in [0.25, 0.3) is 5.91 Å². The van der Waals surface area contributed by atoms with Crippen LogP contribution in [-0.4, -0.2) is 17.8 Å². The van der Waals surface area contributed by atoms with Crippen molar-refractivity contribution in [2.75, 3.05) is 6.79 Å². The molecule has 0 aliphatic carbocycles. The first-order chi connectivity index (χ1) is 12.7. The largest absolute Gasteiger partial charge is 0.508 e. The van der Waals surface area contributed by atoms with Gasteiger partial charge >= 0.3 is 0 Å². The number of rotatable bonds is 5. The summed E-state index contributed by atoms with van der Waals surface area (Å²) < 4.78 is 10.5. The molecular weight excluding hydrogens is 332 g/mol. The van der Waals surface area contributed by atoms with E-state index in [1.165, 1.54) is 6.08 Å². The monoisotopic (exact) mass is 348 g/mol. The third-order valence-corrected chi connectivity index (χ3v) is 3.70. The zero-order chi connectivity index (χ0) is 18.4. The Labute approximate surface area is 150 Å². The normalized spacial score (nSPS) is 12.8. The molecule has 6 nitrogen and oxygen atoms in total. The van der Waals surface area contributed by atoms with E-state index in [0.717, 1.165) is 11.1 Å². The Kier molecular flexibility index (Phi) is 5.20. The maximum absolute atomic E-state index is 12.1. The van der Waals surface area contributed by atoms with Crippen LogP contribution in [0.15, 0.2) is 60.2 Å². The number of phenols is 1. The predicted molar refractivity (Wildman–Crippen MR) is 95.2 cm³/mol. The van der Waals surface area contributed by atoms with E-state index in [4.69, 9.17) is 9.47 Å². The molecule has 0 radical (unpaired) electrons. The van der Waals surface area contributed by atoms with Crippen LogP contribution in [0.5, 0.6) is 17.2 Å². The summed E-state index contributed by atoms with van der Waals surface area (Å²) in [5.74, 6) is 1.04. The van der Waals surface area contributed by atoms with Crippen LogP contribution in [0.2, 0.25) is 0 Å². The van der Waals surface area contributed by atoms with Crippen molar-refractivity contribution in [1.82, 2.24) is 5.32 Å². The lowest BCUT2D eigenvalue weighted by Crippen LogP contribution is -2.23. The Balaban J connectivity index is 1.59. The number of hydrogen-bond acceptors (Lipinski definition) is 5. The number of allylic oxidation sites excluding steroid dienone is 2. The fourth-order valence-electron chi connectivity index (χ4n) is 2.33. The minimum atomic E-state index is -0.458. The fraction of sp³-hybridized carbons (Fsp3) is 0.100. The summed E-state index contributed by atoms with van der Waals surface area (Å²) in [6.45, 7) is 0.468. The number of nitrogens with zero attached hydrogens (tertiary/aromatic N) is 1. The van der Waals surface area contributed by atoms with Gasteiger partial charge in [-0.05, 0) is 41.5 Å². The predicted octanol–water partition coefficient (Wildman–Crippen LogP) is 2.90. The highest BCUT2D eigenvalue weighted by atomic mass is 16.7. The number of phenolic OH excluding ortho intramolecular Hbond substituents is 1. The topological polar surface area (TPSA) is 91.6 Å². The Bertz CT molecular complexity index is 908. The SMILES string of the molecule is N#C/C(=C\C=C\c1ccc(O)cc1)C(=O)NCc1ccc2c(c1)OCO2. The number of nitrogens with one attached hydrogen (secondary N) is 1. The van der Waals surface area contributed by atoms with Gasteiger partial charge in [0.15, 0.2) is 11.5 Å². The van der Waals surface area contributed by atoms with Crippen LogP contribution in [0, 0.1) is 11.3 Å². The van der Waals surface area contributed by atoms with Gasteiger partial charge in [0, 0.05) is 6.54 Å². The van der Waals surface area contributed by atoms with Crippen LogP contribution in [0.3, 0.4) is 0 Å². The van der Waals surface area contributed by atoms with Crippen molar-refractivity contribution < 1.29 is 19.4 Å². The molecule has 0 atom stereocenters. The highest BCUT2D eigenvalue weighted by molar-refractivity contribution is 5.97. The summed E-state index contributed by atoms with van der Waals surface area (Å²) in [6.07, 6.45) is 4.80. The van der Waals surface area contributed by atoms with Crippen molar-refractivity contribution in [3.63, 3.8) is 0 Å². The van der Waals surface area contributed by atoms with Gasteiger partial charge < -0.3 is 19.9 Å². The number of hydrogen-bond donors (Lipinski definition) is 2. The van der Waals surface area contributed by atoms with Crippen LogP contribution < -0.4 is 14.8 Å². The summed E-state index contributed by atoms with van der Waals surface area (Å²) in [4.78, 5) is 12.1. The molecule has 0 saturated carbocycles. The molecule has 130 valence electrons. The number of carbonyl (C=O) groups excluding carboxylic acids is 1. The van der Waals surface area contributed by atoms with Gasteiger partial charge in [-0.25, -0.2) is 0 Å². The zero-order valence-electron chi connectivity index (χ0n) is 13.8. The van der Waals surface area contributed by atoms with E-state index < -0.39 is 5.91 Å². The third-order valence-electron chi connectivity index (χ3n) is 3.70. The zero-order valence-corrected chi connectivity index (χ0v) is 13.8. The average Bonchev–Trinajstić information content (AvgIpc) is 3.12. The summed E-state index contributed by atoms with van der Waals surface area (Å²) in [5, 5.41) is 21.1. The number of fused-ring (bicyclic) bond motifs is 1. The minimum absolute atomic E-state index is 0.000715. The lowest BCUT2D eigenvalue weighted by atomic mass is 10.1. The Hall–Kier alpha value is -3.72. The van der Waals surface area contributed by atoms with Crippen molar-refractivity contribution in [2.45, 2.75) is 6.54 Å². The molecule has 1 aliphatic rings. The molecule has 2 aromatic carbocycles. The van der Waals surface area contributed by atoms with Gasteiger partial charge in [0.05, 0.1) is 0 Å². The first-order valence-corrected chi connectivity index (χ1v) is 7.90. The number of nitriles is 1. The second kappa shape index (κ2) is 7.90. The van der Waals surface area contributed by atoms with E-state index in [1.54, 1.807) is 48.6 Å². The standard InChI is InChI=1S/C20H16N2O4/c21-11-16(3-1-2-14-4-7-17(23)8-5-14)20(24)22-12-15-6-9-18-19(10-15)26-13-25-18/h1-10,23H,12-13H2,(H,22,24)/b2-1+,16-3+. The Morgan fingerprint density at radius 1 is 1.19 bits per heavy atom. The minimum Gasteiger partial charge on any atom is -0.508 e. The first kappa shape index (κ1) is 17.1. The molecule has 2 N–H and O–H groups in total. The van der Waals surface area contributed by atoms with Crippen molar-refractivity contribution in [2.24, 2.45) is 0 Å². The van der Waals surface area contributed by atoms with E-state index >= 15 is 0 Å². The highest BCUT2D eigenvalue weighted by Crippen LogP contribution is 2.32. The molecule has 0 aromatic heterocycles. The molecule has 1 heterocycles. The van der Waals surface area contributed by atoms with Crippen molar-refractivity contribution >= 4 is 12.0 Å².